The Morgan fingerprint density at radius 1 is 1.02 bits per heavy atom. The van der Waals surface area contributed by atoms with Crippen molar-refractivity contribution in [1.29, 1.82) is 0 Å². The van der Waals surface area contributed by atoms with E-state index < -0.39 is 24.0 Å². The molecule has 1 saturated carbocycles. The first-order chi connectivity index (χ1) is 23.0. The Labute approximate surface area is 287 Å². The molecule has 0 aliphatic heterocycles. The number of nitrogens with one attached hydrogen (secondary N) is 2. The molecule has 1 aliphatic carbocycles. The normalized spacial score (nSPS) is 16.9. The molecule has 256 valence electrons. The molecular weight excluding hydrogens is 625 g/mol. The quantitative estimate of drug-likeness (QED) is 0.126. The number of benzene rings is 2. The number of fused-ring (bicyclic) bond motifs is 1. The fourth-order valence-corrected chi connectivity index (χ4v) is 7.31. The molecule has 2 aromatic carbocycles. The van der Waals surface area contributed by atoms with Gasteiger partial charge in [-0.3, -0.25) is 19.2 Å². The number of thiophene rings is 1. The van der Waals surface area contributed by atoms with Crippen molar-refractivity contribution in [3.8, 4) is 0 Å². The highest BCUT2D eigenvalue weighted by molar-refractivity contribution is 7.12. The van der Waals surface area contributed by atoms with E-state index in [2.05, 4.69) is 10.6 Å². The Kier molecular flexibility index (Phi) is 13.7. The Bertz CT molecular complexity index is 1620. The molecule has 2 N–H and O–H groups in total. The zero-order chi connectivity index (χ0) is 34.6. The number of carbonyl (C=O) groups is 5. The molecule has 1 fully saturated rings. The third-order valence-electron chi connectivity index (χ3n) is 8.94. The number of esters is 1. The van der Waals surface area contributed by atoms with Crippen molar-refractivity contribution in [1.82, 2.24) is 10.6 Å². The minimum absolute atomic E-state index is 0.0696. The summed E-state index contributed by atoms with van der Waals surface area (Å²) < 4.78 is 5.04. The summed E-state index contributed by atoms with van der Waals surface area (Å²) >= 11 is 1.33. The highest BCUT2D eigenvalue weighted by Crippen LogP contribution is 2.27. The first-order valence-corrected chi connectivity index (χ1v) is 18.0. The number of hydrogen-bond acceptors (Lipinski definition) is 7. The van der Waals surface area contributed by atoms with E-state index in [1.54, 1.807) is 13.0 Å². The van der Waals surface area contributed by atoms with Gasteiger partial charge in [0.05, 0.1) is 17.5 Å². The second kappa shape index (κ2) is 17.9. The molecule has 1 aliphatic rings. The average molecular weight is 673 g/mol. The third kappa shape index (κ3) is 10.4. The van der Waals surface area contributed by atoms with Crippen LogP contribution in [-0.4, -0.2) is 48.0 Å². The molecule has 4 rings (SSSR count). The van der Waals surface area contributed by atoms with Crippen LogP contribution in [0.25, 0.3) is 10.8 Å². The van der Waals surface area contributed by atoms with E-state index in [0.717, 1.165) is 41.2 Å². The maximum absolute atomic E-state index is 14.2. The number of carbonyl (C=O) groups excluding carboxylic acids is 5. The van der Waals surface area contributed by atoms with E-state index in [9.17, 15) is 24.0 Å². The van der Waals surface area contributed by atoms with Gasteiger partial charge in [0, 0.05) is 43.2 Å². The summed E-state index contributed by atoms with van der Waals surface area (Å²) in [5, 5.41) is 9.95. The van der Waals surface area contributed by atoms with Crippen molar-refractivity contribution < 1.29 is 28.7 Å². The maximum Gasteiger partial charge on any atom is 0.330 e. The van der Waals surface area contributed by atoms with Crippen molar-refractivity contribution >= 4 is 51.5 Å². The molecule has 3 aromatic rings. The van der Waals surface area contributed by atoms with Crippen LogP contribution < -0.4 is 10.6 Å². The number of amides is 2. The van der Waals surface area contributed by atoms with Crippen molar-refractivity contribution in [2.75, 3.05) is 6.61 Å². The van der Waals surface area contributed by atoms with Gasteiger partial charge in [-0.05, 0) is 78.8 Å². The van der Waals surface area contributed by atoms with E-state index in [1.807, 2.05) is 74.7 Å². The Balaban J connectivity index is 1.58. The fourth-order valence-electron chi connectivity index (χ4n) is 6.48. The minimum atomic E-state index is -0.855. The summed E-state index contributed by atoms with van der Waals surface area (Å²) in [6, 6.07) is 14.3. The van der Waals surface area contributed by atoms with Crippen LogP contribution in [0, 0.1) is 24.7 Å². The highest BCUT2D eigenvalue weighted by Gasteiger charge is 2.32. The molecule has 2 amide bonds. The van der Waals surface area contributed by atoms with Crippen molar-refractivity contribution in [2.45, 2.75) is 91.1 Å². The first kappa shape index (κ1) is 36.7. The highest BCUT2D eigenvalue weighted by atomic mass is 32.1. The molecule has 0 radical (unpaired) electrons. The molecule has 8 nitrogen and oxygen atoms in total. The van der Waals surface area contributed by atoms with Crippen LogP contribution in [0.15, 0.2) is 66.1 Å². The molecule has 4 atom stereocenters. The van der Waals surface area contributed by atoms with Crippen molar-refractivity contribution in [3.63, 3.8) is 0 Å². The standard InChI is InChI=1S/C39H48N2O6S/c1-5-47-36(44)18-17-31(22-29-12-7-9-16-34(29)42)40-38(45)30(21-25(2)3)24-35(43)33(41-39(46)37-26(4)19-20-48-37)23-28-14-10-13-27-11-6-8-15-32(27)28/h6,8,10-11,13-15,17-20,25,29-31,33H,5,7,9,12,16,21-24H2,1-4H3,(H,40,45)(H,41,46)/b18-17+/t29-,30+,31+,33-/m0/s1. The van der Waals surface area contributed by atoms with Gasteiger partial charge in [-0.25, -0.2) is 4.79 Å². The molecule has 0 bridgehead atoms. The molecule has 9 heteroatoms. The third-order valence-corrected chi connectivity index (χ3v) is 9.95. The molecule has 0 saturated heterocycles. The Morgan fingerprint density at radius 3 is 2.50 bits per heavy atom. The topological polar surface area (TPSA) is 119 Å². The van der Waals surface area contributed by atoms with Gasteiger partial charge in [-0.15, -0.1) is 11.3 Å². The van der Waals surface area contributed by atoms with Crippen LogP contribution >= 0.6 is 11.3 Å². The summed E-state index contributed by atoms with van der Waals surface area (Å²) in [5.41, 5.74) is 1.77. The Hall–Kier alpha value is -4.11. The average Bonchev–Trinajstić information content (AvgIpc) is 3.49. The van der Waals surface area contributed by atoms with Gasteiger partial charge >= 0.3 is 5.97 Å². The monoisotopic (exact) mass is 672 g/mol. The second-order valence-corrected chi connectivity index (χ2v) is 14.1. The van der Waals surface area contributed by atoms with Gasteiger partial charge in [0.15, 0.2) is 5.78 Å². The number of Topliss-reactive ketones (excluding diaryl/α,β-unsaturated/α-hetero) is 2. The summed E-state index contributed by atoms with van der Waals surface area (Å²) in [5.74, 6) is -1.97. The summed E-state index contributed by atoms with van der Waals surface area (Å²) in [4.78, 5) is 66.9. The van der Waals surface area contributed by atoms with E-state index in [-0.39, 0.29) is 54.7 Å². The number of aryl methyl sites for hydroxylation is 1. The zero-order valence-corrected chi connectivity index (χ0v) is 29.3. The van der Waals surface area contributed by atoms with Crippen LogP contribution in [0.3, 0.4) is 0 Å². The number of ether oxygens (including phenoxy) is 1. The smallest absolute Gasteiger partial charge is 0.330 e. The lowest BCUT2D eigenvalue weighted by Crippen LogP contribution is -2.45. The van der Waals surface area contributed by atoms with Gasteiger partial charge in [-0.2, -0.15) is 0 Å². The molecule has 1 heterocycles. The molecule has 0 unspecified atom stereocenters. The van der Waals surface area contributed by atoms with Gasteiger partial charge in [0.2, 0.25) is 5.91 Å². The summed E-state index contributed by atoms with van der Waals surface area (Å²) in [7, 11) is 0. The second-order valence-electron chi connectivity index (χ2n) is 13.2. The molecular formula is C39H48N2O6S. The van der Waals surface area contributed by atoms with Crippen LogP contribution in [0.1, 0.15) is 86.5 Å². The number of hydrogen-bond donors (Lipinski definition) is 2. The Morgan fingerprint density at radius 2 is 1.79 bits per heavy atom. The van der Waals surface area contributed by atoms with E-state index in [1.165, 1.54) is 17.4 Å². The van der Waals surface area contributed by atoms with Crippen LogP contribution in [0.5, 0.6) is 0 Å². The summed E-state index contributed by atoms with van der Waals surface area (Å²) in [6.45, 7) is 7.81. The van der Waals surface area contributed by atoms with Gasteiger partial charge < -0.3 is 15.4 Å². The van der Waals surface area contributed by atoms with Gasteiger partial charge in [0.25, 0.3) is 5.91 Å². The van der Waals surface area contributed by atoms with E-state index in [4.69, 9.17) is 4.74 Å². The van der Waals surface area contributed by atoms with Gasteiger partial charge in [0.1, 0.15) is 5.78 Å². The lowest BCUT2D eigenvalue weighted by molar-refractivity contribution is -0.137. The largest absolute Gasteiger partial charge is 0.463 e. The molecule has 0 spiro atoms. The number of ketones is 2. The predicted molar refractivity (Wildman–Crippen MR) is 190 cm³/mol. The van der Waals surface area contributed by atoms with Crippen LogP contribution in [0.4, 0.5) is 0 Å². The van der Waals surface area contributed by atoms with E-state index in [0.29, 0.717) is 24.1 Å². The van der Waals surface area contributed by atoms with Gasteiger partial charge in [-0.1, -0.05) is 68.8 Å². The number of rotatable bonds is 16. The fraction of sp³-hybridized carbons (Fsp3) is 0.462. The van der Waals surface area contributed by atoms with Crippen molar-refractivity contribution in [2.24, 2.45) is 17.8 Å². The first-order valence-electron chi connectivity index (χ1n) is 17.1. The van der Waals surface area contributed by atoms with E-state index >= 15 is 0 Å². The lowest BCUT2D eigenvalue weighted by Gasteiger charge is -2.27. The SMILES string of the molecule is CCOC(=O)/C=C/[C@H](C[C@@H]1CCCCC1=O)NC(=O)[C@@H](CC(=O)[C@H](Cc1cccc2ccccc12)NC(=O)c1sccc1C)CC(C)C. The molecule has 1 aromatic heterocycles. The summed E-state index contributed by atoms with van der Waals surface area (Å²) in [6.07, 6.45) is 7.00. The zero-order valence-electron chi connectivity index (χ0n) is 28.5. The predicted octanol–water partition coefficient (Wildman–Crippen LogP) is 6.93. The maximum atomic E-state index is 14.2. The lowest BCUT2D eigenvalue weighted by atomic mass is 9.83. The van der Waals surface area contributed by atoms with Crippen LogP contribution in [-0.2, 0) is 30.3 Å². The van der Waals surface area contributed by atoms with Crippen LogP contribution in [0.2, 0.25) is 0 Å². The van der Waals surface area contributed by atoms with Crippen molar-refractivity contribution in [3.05, 3.63) is 82.1 Å². The minimum Gasteiger partial charge on any atom is -0.463 e. The molecule has 48 heavy (non-hydrogen) atoms.